The Balaban J connectivity index is 1.75. The van der Waals surface area contributed by atoms with Crippen molar-refractivity contribution in [1.29, 1.82) is 0 Å². The summed E-state index contributed by atoms with van der Waals surface area (Å²) in [4.78, 5) is 23.3. The number of carbonyl (C=O) groups excluding carboxylic acids is 1. The first-order valence-corrected chi connectivity index (χ1v) is 8.25. The molecule has 0 aliphatic rings. The average Bonchev–Trinajstić information content (AvgIpc) is 2.61. The van der Waals surface area contributed by atoms with Crippen LogP contribution in [0.25, 0.3) is 0 Å². The van der Waals surface area contributed by atoms with Gasteiger partial charge in [0.15, 0.2) is 0 Å². The fourth-order valence-corrected chi connectivity index (χ4v) is 2.58. The van der Waals surface area contributed by atoms with Crippen LogP contribution in [0.3, 0.4) is 0 Å². The van der Waals surface area contributed by atoms with Crippen LogP contribution in [0, 0.1) is 0 Å². The highest BCUT2D eigenvalue weighted by atomic mass is 16.4. The second kappa shape index (κ2) is 9.50. The molecule has 4 heteroatoms. The van der Waals surface area contributed by atoms with E-state index in [9.17, 15) is 14.7 Å². The second-order valence-electron chi connectivity index (χ2n) is 5.82. The van der Waals surface area contributed by atoms with Crippen LogP contribution in [0.2, 0.25) is 0 Å². The van der Waals surface area contributed by atoms with E-state index < -0.39 is 12.0 Å². The zero-order chi connectivity index (χ0) is 17.2. The molecule has 0 aromatic heterocycles. The molecule has 2 aromatic carbocycles. The highest BCUT2D eigenvalue weighted by molar-refractivity contribution is 5.83. The molecule has 24 heavy (non-hydrogen) atoms. The first kappa shape index (κ1) is 17.7. The van der Waals surface area contributed by atoms with E-state index in [0.717, 1.165) is 18.4 Å². The number of nitrogens with one attached hydrogen (secondary N) is 1. The van der Waals surface area contributed by atoms with Gasteiger partial charge in [-0.3, -0.25) is 4.79 Å². The van der Waals surface area contributed by atoms with E-state index in [1.807, 2.05) is 60.7 Å². The van der Waals surface area contributed by atoms with Crippen LogP contribution in [0.4, 0.5) is 0 Å². The van der Waals surface area contributed by atoms with Crippen molar-refractivity contribution in [3.8, 4) is 0 Å². The van der Waals surface area contributed by atoms with Gasteiger partial charge in [-0.25, -0.2) is 4.79 Å². The smallest absolute Gasteiger partial charge is 0.326 e. The molecule has 2 aromatic rings. The standard InChI is InChI=1S/C20H23NO3/c22-19(15-14-17-10-5-2-6-11-17)21-18(20(23)24)13-7-12-16-8-3-1-4-9-16/h1-6,8-11,18H,7,12-15H2,(H,21,22)(H,23,24)/t18-/m1/s1. The minimum absolute atomic E-state index is 0.217. The Bertz CT molecular complexity index is 640. The molecule has 1 amide bonds. The van der Waals surface area contributed by atoms with E-state index in [4.69, 9.17) is 0 Å². The Morgan fingerprint density at radius 3 is 1.96 bits per heavy atom. The molecule has 126 valence electrons. The summed E-state index contributed by atoms with van der Waals surface area (Å²) in [6.45, 7) is 0. The summed E-state index contributed by atoms with van der Waals surface area (Å²) < 4.78 is 0. The normalized spacial score (nSPS) is 11.7. The number of rotatable bonds is 9. The fraction of sp³-hybridized carbons (Fsp3) is 0.300. The molecule has 0 spiro atoms. The summed E-state index contributed by atoms with van der Waals surface area (Å²) in [5.41, 5.74) is 2.25. The summed E-state index contributed by atoms with van der Waals surface area (Å²) >= 11 is 0. The molecule has 0 fully saturated rings. The summed E-state index contributed by atoms with van der Waals surface area (Å²) in [6, 6.07) is 18.8. The first-order chi connectivity index (χ1) is 11.6. The molecule has 0 heterocycles. The van der Waals surface area contributed by atoms with E-state index in [0.29, 0.717) is 19.3 Å². The van der Waals surface area contributed by atoms with Gasteiger partial charge in [0, 0.05) is 6.42 Å². The Labute approximate surface area is 142 Å². The molecule has 4 nitrogen and oxygen atoms in total. The van der Waals surface area contributed by atoms with Crippen LogP contribution in [0.15, 0.2) is 60.7 Å². The molecule has 0 radical (unpaired) electrons. The Morgan fingerprint density at radius 1 is 0.875 bits per heavy atom. The van der Waals surface area contributed by atoms with Gasteiger partial charge in [-0.15, -0.1) is 0 Å². The number of carbonyl (C=O) groups is 2. The molecule has 0 saturated heterocycles. The molecule has 0 aliphatic heterocycles. The monoisotopic (exact) mass is 325 g/mol. The van der Waals surface area contributed by atoms with E-state index >= 15 is 0 Å². The van der Waals surface area contributed by atoms with Gasteiger partial charge in [-0.1, -0.05) is 60.7 Å². The molecule has 2 N–H and O–H groups in total. The highest BCUT2D eigenvalue weighted by Gasteiger charge is 2.19. The Hall–Kier alpha value is -2.62. The third-order valence-corrected chi connectivity index (χ3v) is 3.92. The van der Waals surface area contributed by atoms with Crippen LogP contribution in [0.5, 0.6) is 0 Å². The minimum atomic E-state index is -0.976. The molecule has 0 bridgehead atoms. The van der Waals surface area contributed by atoms with E-state index in [1.54, 1.807) is 0 Å². The van der Waals surface area contributed by atoms with E-state index in [2.05, 4.69) is 5.32 Å². The maximum atomic E-state index is 12.0. The Kier molecular flexibility index (Phi) is 7.02. The lowest BCUT2D eigenvalue weighted by molar-refractivity contribution is -0.142. The van der Waals surface area contributed by atoms with Gasteiger partial charge in [0.05, 0.1) is 0 Å². The van der Waals surface area contributed by atoms with Crippen LogP contribution in [-0.4, -0.2) is 23.0 Å². The van der Waals surface area contributed by atoms with Gasteiger partial charge in [-0.2, -0.15) is 0 Å². The van der Waals surface area contributed by atoms with Crippen molar-refractivity contribution in [3.63, 3.8) is 0 Å². The zero-order valence-electron chi connectivity index (χ0n) is 13.7. The number of carboxylic acids is 1. The van der Waals surface area contributed by atoms with E-state index in [-0.39, 0.29) is 5.91 Å². The van der Waals surface area contributed by atoms with Gasteiger partial charge in [0.25, 0.3) is 0 Å². The fourth-order valence-electron chi connectivity index (χ4n) is 2.58. The molecular weight excluding hydrogens is 302 g/mol. The minimum Gasteiger partial charge on any atom is -0.480 e. The van der Waals surface area contributed by atoms with Gasteiger partial charge < -0.3 is 10.4 Å². The Morgan fingerprint density at radius 2 is 1.42 bits per heavy atom. The van der Waals surface area contributed by atoms with E-state index in [1.165, 1.54) is 5.56 Å². The molecule has 0 unspecified atom stereocenters. The summed E-state index contributed by atoms with van der Waals surface area (Å²) in [5.74, 6) is -1.19. The molecular formula is C20H23NO3. The van der Waals surface area contributed by atoms with Gasteiger partial charge >= 0.3 is 5.97 Å². The second-order valence-corrected chi connectivity index (χ2v) is 5.82. The molecule has 1 atom stereocenters. The van der Waals surface area contributed by atoms with Gasteiger partial charge in [-0.05, 0) is 36.8 Å². The zero-order valence-corrected chi connectivity index (χ0v) is 13.7. The number of benzene rings is 2. The predicted molar refractivity (Wildman–Crippen MR) is 93.7 cm³/mol. The van der Waals surface area contributed by atoms with Crippen LogP contribution in [0.1, 0.15) is 30.4 Å². The molecule has 0 aliphatic carbocycles. The number of aryl methyl sites for hydroxylation is 2. The lowest BCUT2D eigenvalue weighted by Crippen LogP contribution is -2.40. The van der Waals surface area contributed by atoms with Crippen molar-refractivity contribution in [2.45, 2.75) is 38.1 Å². The van der Waals surface area contributed by atoms with Crippen molar-refractivity contribution in [1.82, 2.24) is 5.32 Å². The van der Waals surface area contributed by atoms with Crippen molar-refractivity contribution in [3.05, 3.63) is 71.8 Å². The SMILES string of the molecule is O=C(CCc1ccccc1)N[C@H](CCCc1ccccc1)C(=O)O. The molecule has 2 rings (SSSR count). The van der Waals surface area contributed by atoms with Crippen molar-refractivity contribution >= 4 is 11.9 Å². The lowest BCUT2D eigenvalue weighted by atomic mass is 10.0. The van der Waals surface area contributed by atoms with Crippen molar-refractivity contribution in [2.75, 3.05) is 0 Å². The topological polar surface area (TPSA) is 66.4 Å². The number of hydrogen-bond donors (Lipinski definition) is 2. The maximum Gasteiger partial charge on any atom is 0.326 e. The predicted octanol–water partition coefficient (Wildman–Crippen LogP) is 3.21. The maximum absolute atomic E-state index is 12.0. The number of aliphatic carboxylic acids is 1. The number of amides is 1. The molecule has 0 saturated carbocycles. The van der Waals surface area contributed by atoms with Crippen LogP contribution < -0.4 is 5.32 Å². The summed E-state index contributed by atoms with van der Waals surface area (Å²) in [7, 11) is 0. The van der Waals surface area contributed by atoms with Crippen LogP contribution in [-0.2, 0) is 22.4 Å². The largest absolute Gasteiger partial charge is 0.480 e. The van der Waals surface area contributed by atoms with Crippen molar-refractivity contribution in [2.24, 2.45) is 0 Å². The third kappa shape index (κ3) is 6.24. The summed E-state index contributed by atoms with van der Waals surface area (Å²) in [6.07, 6.45) is 2.88. The number of hydrogen-bond acceptors (Lipinski definition) is 2. The van der Waals surface area contributed by atoms with Gasteiger partial charge in [0.2, 0.25) is 5.91 Å². The number of carboxylic acid groups (broad SMARTS) is 1. The average molecular weight is 325 g/mol. The van der Waals surface area contributed by atoms with Gasteiger partial charge in [0.1, 0.15) is 6.04 Å². The quantitative estimate of drug-likeness (QED) is 0.744. The first-order valence-electron chi connectivity index (χ1n) is 8.25. The third-order valence-electron chi connectivity index (χ3n) is 3.92. The lowest BCUT2D eigenvalue weighted by Gasteiger charge is -2.14. The van der Waals surface area contributed by atoms with Crippen molar-refractivity contribution < 1.29 is 14.7 Å². The summed E-state index contributed by atoms with van der Waals surface area (Å²) in [5, 5.41) is 11.9. The van der Waals surface area contributed by atoms with Crippen LogP contribution >= 0.6 is 0 Å². The highest BCUT2D eigenvalue weighted by Crippen LogP contribution is 2.08.